The first kappa shape index (κ1) is 26.3. The molecule has 0 saturated carbocycles. The molecule has 0 aromatic rings. The van der Waals surface area contributed by atoms with Crippen molar-refractivity contribution >= 4 is 0 Å². The monoisotopic (exact) mass is 402 g/mol. The Morgan fingerprint density at radius 3 is 1.81 bits per heavy atom. The van der Waals surface area contributed by atoms with E-state index in [1.54, 1.807) is 0 Å². The van der Waals surface area contributed by atoms with Gasteiger partial charge in [0.05, 0.1) is 0 Å². The molecular weight excluding hydrogens is 378 g/mol. The normalized spacial score (nSPS) is 21.4. The van der Waals surface area contributed by atoms with Crippen molar-refractivity contribution in [1.82, 2.24) is 0 Å². The van der Waals surface area contributed by atoms with Crippen molar-refractivity contribution in [2.45, 2.75) is 47.5 Å². The standard InChI is InChI=1S/2C9H13.2ClH.Zr/c1-7(2)9-5-4-8(3)6-9;1-3-4-9-6-5-8(2)7-9;;;/h4,6-7,9H,1-3H3;5,7,9H,3-4H2,1-2H3;2*1H;/q2*-1;;;+4/p-2. The molecule has 0 saturated heterocycles. The minimum absolute atomic E-state index is 0. The second-order valence-corrected chi connectivity index (χ2v) is 5.61. The molecule has 2 atom stereocenters. The minimum Gasteiger partial charge on any atom is -1.00 e. The molecule has 0 aliphatic heterocycles. The summed E-state index contributed by atoms with van der Waals surface area (Å²) in [5, 5.41) is 0. The van der Waals surface area contributed by atoms with E-state index in [0.717, 1.165) is 0 Å². The maximum absolute atomic E-state index is 3.29. The van der Waals surface area contributed by atoms with Gasteiger partial charge in [0.15, 0.2) is 0 Å². The smallest absolute Gasteiger partial charge is 1.00 e. The van der Waals surface area contributed by atoms with Crippen LogP contribution in [-0.2, 0) is 26.2 Å². The summed E-state index contributed by atoms with van der Waals surface area (Å²) in [7, 11) is 0. The van der Waals surface area contributed by atoms with Gasteiger partial charge in [0, 0.05) is 0 Å². The zero-order chi connectivity index (χ0) is 13.5. The predicted octanol–water partition coefficient (Wildman–Crippen LogP) is -0.695. The van der Waals surface area contributed by atoms with Gasteiger partial charge in [-0.1, -0.05) is 51.4 Å². The van der Waals surface area contributed by atoms with Crippen LogP contribution in [0.5, 0.6) is 0 Å². The van der Waals surface area contributed by atoms with Crippen molar-refractivity contribution in [2.75, 3.05) is 0 Å². The van der Waals surface area contributed by atoms with Gasteiger partial charge in [-0.05, 0) is 0 Å². The fourth-order valence-electron chi connectivity index (χ4n) is 2.12. The Morgan fingerprint density at radius 2 is 1.52 bits per heavy atom. The number of hydrogen-bond donors (Lipinski definition) is 0. The summed E-state index contributed by atoms with van der Waals surface area (Å²) in [6.45, 7) is 10.9. The molecule has 0 N–H and O–H groups in total. The van der Waals surface area contributed by atoms with Gasteiger partial charge in [-0.2, -0.15) is 12.2 Å². The molecular formula is C18H26Cl2Zr. The van der Waals surface area contributed by atoms with E-state index < -0.39 is 0 Å². The molecule has 0 aromatic carbocycles. The van der Waals surface area contributed by atoms with Crippen LogP contribution in [0.15, 0.2) is 35.5 Å². The molecule has 0 nitrogen and oxygen atoms in total. The summed E-state index contributed by atoms with van der Waals surface area (Å²) < 4.78 is 0. The van der Waals surface area contributed by atoms with Crippen LogP contribution in [0.25, 0.3) is 0 Å². The van der Waals surface area contributed by atoms with Crippen LogP contribution in [0.4, 0.5) is 0 Å². The van der Waals surface area contributed by atoms with E-state index in [4.69, 9.17) is 0 Å². The first-order valence-corrected chi connectivity index (χ1v) is 7.08. The van der Waals surface area contributed by atoms with E-state index >= 15 is 0 Å². The van der Waals surface area contributed by atoms with Crippen molar-refractivity contribution in [3.05, 3.63) is 47.6 Å². The van der Waals surface area contributed by atoms with Crippen LogP contribution in [0.2, 0.25) is 0 Å². The largest absolute Gasteiger partial charge is 4.00 e. The van der Waals surface area contributed by atoms with Gasteiger partial charge in [-0.15, -0.1) is 13.8 Å². The molecule has 2 unspecified atom stereocenters. The van der Waals surface area contributed by atoms with Crippen LogP contribution in [0, 0.1) is 29.9 Å². The first-order valence-electron chi connectivity index (χ1n) is 7.08. The van der Waals surface area contributed by atoms with Gasteiger partial charge in [0.1, 0.15) is 0 Å². The number of allylic oxidation sites excluding steroid dienone is 8. The fourth-order valence-corrected chi connectivity index (χ4v) is 2.12. The van der Waals surface area contributed by atoms with E-state index in [-0.39, 0.29) is 51.0 Å². The molecule has 3 heteroatoms. The van der Waals surface area contributed by atoms with Crippen LogP contribution < -0.4 is 24.8 Å². The molecule has 0 radical (unpaired) electrons. The Labute approximate surface area is 163 Å². The van der Waals surface area contributed by atoms with E-state index in [1.807, 2.05) is 0 Å². The first-order chi connectivity index (χ1) is 8.52. The van der Waals surface area contributed by atoms with Gasteiger partial charge in [0.2, 0.25) is 0 Å². The topological polar surface area (TPSA) is 0 Å². The quantitative estimate of drug-likeness (QED) is 0.546. The van der Waals surface area contributed by atoms with Crippen LogP contribution in [-0.4, -0.2) is 0 Å². The van der Waals surface area contributed by atoms with Crippen molar-refractivity contribution in [3.8, 4) is 0 Å². The van der Waals surface area contributed by atoms with Crippen LogP contribution >= 0.6 is 0 Å². The van der Waals surface area contributed by atoms with Crippen molar-refractivity contribution in [3.63, 3.8) is 0 Å². The SMILES string of the molecule is CC1=CC(C(C)C)[C-]=C1.CCCC1[C-]=CC(C)=C1.[Cl-].[Cl-].[Zr+4]. The molecule has 0 aromatic heterocycles. The van der Waals surface area contributed by atoms with Gasteiger partial charge in [-0.3, -0.25) is 12.2 Å². The number of hydrogen-bond acceptors (Lipinski definition) is 0. The van der Waals surface area contributed by atoms with Crippen LogP contribution in [0.3, 0.4) is 0 Å². The summed E-state index contributed by atoms with van der Waals surface area (Å²) in [4.78, 5) is 0. The summed E-state index contributed by atoms with van der Waals surface area (Å²) in [5.74, 6) is 1.90. The number of halogens is 2. The molecule has 0 spiro atoms. The summed E-state index contributed by atoms with van der Waals surface area (Å²) in [6, 6.07) is 0. The molecule has 116 valence electrons. The third-order valence-electron chi connectivity index (χ3n) is 3.25. The Balaban J connectivity index is -0.000000270. The van der Waals surface area contributed by atoms with Crippen LogP contribution in [0.1, 0.15) is 47.5 Å². The Hall–Kier alpha value is 0.423. The maximum atomic E-state index is 3.29. The van der Waals surface area contributed by atoms with Gasteiger partial charge >= 0.3 is 26.2 Å². The van der Waals surface area contributed by atoms with Gasteiger partial charge in [-0.25, -0.2) is 23.3 Å². The fraction of sp³-hybridized carbons (Fsp3) is 0.556. The Morgan fingerprint density at radius 1 is 1.00 bits per heavy atom. The van der Waals surface area contributed by atoms with E-state index in [2.05, 4.69) is 71.1 Å². The zero-order valence-electron chi connectivity index (χ0n) is 13.7. The minimum atomic E-state index is 0. The molecule has 21 heavy (non-hydrogen) atoms. The molecule has 0 fully saturated rings. The van der Waals surface area contributed by atoms with E-state index in [1.165, 1.54) is 24.0 Å². The number of rotatable bonds is 3. The molecule has 0 bridgehead atoms. The predicted molar refractivity (Wildman–Crippen MR) is 79.9 cm³/mol. The molecule has 2 aliphatic carbocycles. The molecule has 0 amide bonds. The van der Waals surface area contributed by atoms with Crippen molar-refractivity contribution in [1.29, 1.82) is 0 Å². The second-order valence-electron chi connectivity index (χ2n) is 5.61. The Bertz CT molecular complexity index is 379. The van der Waals surface area contributed by atoms with E-state index in [9.17, 15) is 0 Å². The average Bonchev–Trinajstić information content (AvgIpc) is 2.89. The van der Waals surface area contributed by atoms with E-state index in [0.29, 0.717) is 17.8 Å². The second kappa shape index (κ2) is 14.0. The summed E-state index contributed by atoms with van der Waals surface area (Å²) in [5.41, 5.74) is 2.72. The zero-order valence-corrected chi connectivity index (χ0v) is 17.7. The summed E-state index contributed by atoms with van der Waals surface area (Å²) >= 11 is 0. The van der Waals surface area contributed by atoms with Gasteiger partial charge < -0.3 is 24.8 Å². The average molecular weight is 405 g/mol. The molecule has 2 rings (SSSR count). The Kier molecular flexibility index (Phi) is 17.6. The van der Waals surface area contributed by atoms with Crippen molar-refractivity contribution in [2.24, 2.45) is 17.8 Å². The maximum Gasteiger partial charge on any atom is 4.00 e. The molecule has 2 aliphatic rings. The third kappa shape index (κ3) is 10.7. The molecule has 0 heterocycles. The van der Waals surface area contributed by atoms with Gasteiger partial charge in [0.25, 0.3) is 0 Å². The van der Waals surface area contributed by atoms with Crippen molar-refractivity contribution < 1.29 is 51.0 Å². The third-order valence-corrected chi connectivity index (χ3v) is 3.25. The summed E-state index contributed by atoms with van der Waals surface area (Å²) in [6.07, 6.45) is 17.8.